The van der Waals surface area contributed by atoms with E-state index in [1.165, 1.54) is 11.8 Å². The standard InChI is InChI=1S/C21H39ClN2O6S/c1-12(22)15(19-17(26)16(25)18(27)21(30-19)31-3)24-20(28)14-8-7-13(9-10-23-14)6-4-5-11-29-2/h12-19,21,23,25-27H,4-11H2,1-3H3,(H,24,28)/t12-,13-,14-,15+,16-,17+,18+,19+,21+/m0/s1. The summed E-state index contributed by atoms with van der Waals surface area (Å²) in [5.74, 6) is 0.405. The van der Waals surface area contributed by atoms with Crippen molar-refractivity contribution >= 4 is 29.3 Å². The van der Waals surface area contributed by atoms with Crippen LogP contribution in [0.5, 0.6) is 0 Å². The van der Waals surface area contributed by atoms with E-state index in [0.717, 1.165) is 51.7 Å². The van der Waals surface area contributed by atoms with Crippen LogP contribution in [-0.4, -0.2) is 95.1 Å². The monoisotopic (exact) mass is 482 g/mol. The molecule has 2 heterocycles. The number of halogens is 1. The highest BCUT2D eigenvalue weighted by Crippen LogP contribution is 2.30. The van der Waals surface area contributed by atoms with Crippen LogP contribution in [0.15, 0.2) is 0 Å². The summed E-state index contributed by atoms with van der Waals surface area (Å²) in [5.41, 5.74) is -0.715. The third kappa shape index (κ3) is 7.71. The number of carbonyl (C=O) groups excluding carboxylic acids is 1. The molecule has 182 valence electrons. The Labute approximate surface area is 194 Å². The van der Waals surface area contributed by atoms with Crippen LogP contribution in [-0.2, 0) is 14.3 Å². The molecule has 2 rings (SSSR count). The highest BCUT2D eigenvalue weighted by Gasteiger charge is 2.48. The summed E-state index contributed by atoms with van der Waals surface area (Å²) in [6.07, 6.45) is 2.94. The predicted molar refractivity (Wildman–Crippen MR) is 122 cm³/mol. The third-order valence-corrected chi connectivity index (χ3v) is 7.46. The molecule has 0 unspecified atom stereocenters. The largest absolute Gasteiger partial charge is 0.388 e. The fourth-order valence-corrected chi connectivity index (χ4v) is 5.28. The molecule has 0 bridgehead atoms. The van der Waals surface area contributed by atoms with E-state index in [-0.39, 0.29) is 11.9 Å². The molecule has 0 radical (unpaired) electrons. The summed E-state index contributed by atoms with van der Waals surface area (Å²) >= 11 is 7.58. The molecule has 0 aliphatic carbocycles. The normalized spacial score (nSPS) is 36.4. The second-order valence-electron chi connectivity index (χ2n) is 8.62. The molecular weight excluding hydrogens is 444 g/mol. The zero-order chi connectivity index (χ0) is 23.0. The fourth-order valence-electron chi connectivity index (χ4n) is 4.39. The van der Waals surface area contributed by atoms with Crippen LogP contribution >= 0.6 is 23.4 Å². The Morgan fingerprint density at radius 3 is 2.61 bits per heavy atom. The van der Waals surface area contributed by atoms with Crippen LogP contribution in [0.3, 0.4) is 0 Å². The maximum atomic E-state index is 13.0. The molecular formula is C21H39ClN2O6S. The van der Waals surface area contributed by atoms with Gasteiger partial charge in [-0.05, 0) is 51.3 Å². The van der Waals surface area contributed by atoms with E-state index in [9.17, 15) is 20.1 Å². The van der Waals surface area contributed by atoms with Crippen LogP contribution in [0.1, 0.15) is 45.4 Å². The number of hydrogen-bond donors (Lipinski definition) is 5. The SMILES string of the molecule is COCCCC[C@@H]1CCN[C@H](C(=O)N[C@@H]([C@H]2O[C@H](SC)[C@H](O)[C@@H](O)[C@H]2O)[C@H](C)Cl)CC1. The Kier molecular flexibility index (Phi) is 11.8. The van der Waals surface area contributed by atoms with Gasteiger partial charge in [0.2, 0.25) is 5.91 Å². The first-order chi connectivity index (χ1) is 14.8. The number of carbonyl (C=O) groups is 1. The van der Waals surface area contributed by atoms with Gasteiger partial charge < -0.3 is 35.4 Å². The van der Waals surface area contributed by atoms with E-state index in [1.807, 2.05) is 0 Å². The number of nitrogens with one attached hydrogen (secondary N) is 2. The summed E-state index contributed by atoms with van der Waals surface area (Å²) in [4.78, 5) is 13.0. The van der Waals surface area contributed by atoms with E-state index in [1.54, 1.807) is 20.3 Å². The van der Waals surface area contributed by atoms with Gasteiger partial charge in [0.25, 0.3) is 0 Å². The van der Waals surface area contributed by atoms with Gasteiger partial charge in [-0.1, -0.05) is 12.8 Å². The molecule has 0 aromatic heterocycles. The smallest absolute Gasteiger partial charge is 0.237 e. The Hall–Kier alpha value is -0.130. The molecule has 2 aliphatic heterocycles. The van der Waals surface area contributed by atoms with Crippen molar-refractivity contribution < 1.29 is 29.6 Å². The van der Waals surface area contributed by atoms with Crippen molar-refractivity contribution in [1.29, 1.82) is 0 Å². The van der Waals surface area contributed by atoms with Gasteiger partial charge in [0.1, 0.15) is 29.9 Å². The summed E-state index contributed by atoms with van der Waals surface area (Å²) in [6.45, 7) is 3.27. The summed E-state index contributed by atoms with van der Waals surface area (Å²) in [5, 5.41) is 36.5. The lowest BCUT2D eigenvalue weighted by molar-refractivity contribution is -0.205. The maximum Gasteiger partial charge on any atom is 0.237 e. The van der Waals surface area contributed by atoms with Gasteiger partial charge in [0.15, 0.2) is 0 Å². The molecule has 9 atom stereocenters. The van der Waals surface area contributed by atoms with Gasteiger partial charge >= 0.3 is 0 Å². The summed E-state index contributed by atoms with van der Waals surface area (Å²) in [7, 11) is 1.72. The maximum absolute atomic E-state index is 13.0. The minimum Gasteiger partial charge on any atom is -0.388 e. The quantitative estimate of drug-likeness (QED) is 0.229. The van der Waals surface area contributed by atoms with Crippen LogP contribution in [0.25, 0.3) is 0 Å². The van der Waals surface area contributed by atoms with Crippen molar-refractivity contribution in [2.24, 2.45) is 5.92 Å². The van der Waals surface area contributed by atoms with E-state index < -0.39 is 41.3 Å². The van der Waals surface area contributed by atoms with Gasteiger partial charge in [0, 0.05) is 13.7 Å². The van der Waals surface area contributed by atoms with Gasteiger partial charge in [0.05, 0.1) is 17.5 Å². The van der Waals surface area contributed by atoms with Crippen LogP contribution in [0, 0.1) is 5.92 Å². The highest BCUT2D eigenvalue weighted by atomic mass is 35.5. The molecule has 0 aromatic carbocycles. The molecule has 5 N–H and O–H groups in total. The van der Waals surface area contributed by atoms with E-state index >= 15 is 0 Å². The molecule has 0 saturated carbocycles. The van der Waals surface area contributed by atoms with Crippen molar-refractivity contribution in [2.45, 2.75) is 92.8 Å². The first-order valence-corrected chi connectivity index (χ1v) is 12.9. The Bertz CT molecular complexity index is 544. The van der Waals surface area contributed by atoms with Crippen molar-refractivity contribution in [2.75, 3.05) is 26.5 Å². The molecule has 10 heteroatoms. The lowest BCUT2D eigenvalue weighted by atomic mass is 9.92. The molecule has 2 aliphatic rings. The molecule has 0 aromatic rings. The Balaban J connectivity index is 1.94. The summed E-state index contributed by atoms with van der Waals surface area (Å²) < 4.78 is 10.9. The zero-order valence-electron chi connectivity index (χ0n) is 18.7. The summed E-state index contributed by atoms with van der Waals surface area (Å²) in [6, 6.07) is -1.05. The zero-order valence-corrected chi connectivity index (χ0v) is 20.3. The number of alkyl halides is 1. The van der Waals surface area contributed by atoms with E-state index in [2.05, 4.69) is 10.6 Å². The number of methoxy groups -OCH3 is 1. The van der Waals surface area contributed by atoms with Gasteiger partial charge in [-0.2, -0.15) is 0 Å². The van der Waals surface area contributed by atoms with Crippen molar-refractivity contribution in [3.63, 3.8) is 0 Å². The topological polar surface area (TPSA) is 120 Å². The second kappa shape index (κ2) is 13.5. The number of aliphatic hydroxyl groups is 3. The number of aliphatic hydroxyl groups excluding tert-OH is 3. The lowest BCUT2D eigenvalue weighted by Crippen LogP contribution is -2.65. The molecule has 1 amide bonds. The van der Waals surface area contributed by atoms with E-state index in [0.29, 0.717) is 5.92 Å². The predicted octanol–water partition coefficient (Wildman–Crippen LogP) is 0.844. The van der Waals surface area contributed by atoms with E-state index in [4.69, 9.17) is 21.1 Å². The first-order valence-electron chi connectivity index (χ1n) is 11.2. The van der Waals surface area contributed by atoms with Crippen LogP contribution in [0.2, 0.25) is 0 Å². The minimum absolute atomic E-state index is 0.186. The van der Waals surface area contributed by atoms with Crippen molar-refractivity contribution in [3.8, 4) is 0 Å². The van der Waals surface area contributed by atoms with Gasteiger partial charge in [-0.15, -0.1) is 23.4 Å². The van der Waals surface area contributed by atoms with Crippen LogP contribution in [0.4, 0.5) is 0 Å². The highest BCUT2D eigenvalue weighted by molar-refractivity contribution is 7.99. The molecule has 31 heavy (non-hydrogen) atoms. The Morgan fingerprint density at radius 1 is 1.23 bits per heavy atom. The Morgan fingerprint density at radius 2 is 1.97 bits per heavy atom. The number of rotatable bonds is 10. The second-order valence-corrected chi connectivity index (χ2v) is 10.2. The number of thioether (sulfide) groups is 1. The fraction of sp³-hybridized carbons (Fsp3) is 0.952. The van der Waals surface area contributed by atoms with Crippen molar-refractivity contribution in [1.82, 2.24) is 10.6 Å². The molecule has 0 spiro atoms. The average Bonchev–Trinajstić information content (AvgIpc) is 2.99. The number of hydrogen-bond acceptors (Lipinski definition) is 8. The molecule has 2 saturated heterocycles. The van der Waals surface area contributed by atoms with Gasteiger partial charge in [-0.3, -0.25) is 4.79 Å². The number of amides is 1. The average molecular weight is 483 g/mol. The number of ether oxygens (including phenoxy) is 2. The number of unbranched alkanes of at least 4 members (excludes halogenated alkanes) is 1. The first kappa shape index (κ1) is 27.1. The molecule has 8 nitrogen and oxygen atoms in total. The lowest BCUT2D eigenvalue weighted by Gasteiger charge is -2.44. The third-order valence-electron chi connectivity index (χ3n) is 6.33. The van der Waals surface area contributed by atoms with Crippen LogP contribution < -0.4 is 10.6 Å². The van der Waals surface area contributed by atoms with Gasteiger partial charge in [-0.25, -0.2) is 0 Å². The van der Waals surface area contributed by atoms with Crippen molar-refractivity contribution in [3.05, 3.63) is 0 Å². The minimum atomic E-state index is -1.37. The molecule has 2 fully saturated rings.